The molecule has 1 fully saturated rings. The summed E-state index contributed by atoms with van der Waals surface area (Å²) in [5.41, 5.74) is 0. The van der Waals surface area contributed by atoms with Gasteiger partial charge in [0.05, 0.1) is 13.1 Å². The molecular weight excluding hydrogens is 259 g/mol. The molecule has 0 radical (unpaired) electrons. The van der Waals surface area contributed by atoms with Crippen molar-refractivity contribution in [3.63, 3.8) is 0 Å². The Morgan fingerprint density at radius 1 is 1.30 bits per heavy atom. The van der Waals surface area contributed by atoms with Crippen LogP contribution in [-0.2, 0) is 0 Å². The Hall–Kier alpha value is -1.78. The van der Waals surface area contributed by atoms with Crippen molar-refractivity contribution in [1.29, 1.82) is 0 Å². The lowest BCUT2D eigenvalue weighted by Crippen LogP contribution is -2.60. The Balaban J connectivity index is 1.74. The first kappa shape index (κ1) is 14.6. The van der Waals surface area contributed by atoms with Crippen molar-refractivity contribution < 1.29 is 13.9 Å². The molecule has 2 rings (SSSR count). The van der Waals surface area contributed by atoms with Gasteiger partial charge in [0.15, 0.2) is 0 Å². The van der Waals surface area contributed by atoms with Crippen molar-refractivity contribution in [3.05, 3.63) is 30.1 Å². The summed E-state index contributed by atoms with van der Waals surface area (Å²) in [6, 6.07) is 6.02. The maximum Gasteiger partial charge on any atom is 0.317 e. The van der Waals surface area contributed by atoms with E-state index in [9.17, 15) is 9.18 Å². The largest absolute Gasteiger partial charge is 0.487 e. The van der Waals surface area contributed by atoms with Gasteiger partial charge in [-0.05, 0) is 37.1 Å². The van der Waals surface area contributed by atoms with Crippen LogP contribution in [0.4, 0.5) is 9.18 Å². The van der Waals surface area contributed by atoms with Gasteiger partial charge < -0.3 is 15.0 Å². The van der Waals surface area contributed by atoms with Crippen LogP contribution in [0.5, 0.6) is 5.75 Å². The first-order valence-electron chi connectivity index (χ1n) is 6.93. The van der Waals surface area contributed by atoms with Crippen molar-refractivity contribution in [2.24, 2.45) is 5.92 Å². The number of rotatable bonds is 4. The van der Waals surface area contributed by atoms with Gasteiger partial charge in [0.1, 0.15) is 17.7 Å². The number of hydrogen-bond donors (Lipinski definition) is 1. The van der Waals surface area contributed by atoms with Gasteiger partial charge >= 0.3 is 6.03 Å². The first-order valence-corrected chi connectivity index (χ1v) is 6.93. The molecule has 0 aromatic heterocycles. The molecule has 0 unspecified atom stereocenters. The Morgan fingerprint density at radius 3 is 2.45 bits per heavy atom. The van der Waals surface area contributed by atoms with Crippen LogP contribution in [0.2, 0.25) is 0 Å². The number of likely N-dealkylation sites (tertiary alicyclic amines) is 1. The Morgan fingerprint density at radius 2 is 1.90 bits per heavy atom. The molecule has 20 heavy (non-hydrogen) atoms. The first-order chi connectivity index (χ1) is 9.45. The molecule has 5 heteroatoms. The van der Waals surface area contributed by atoms with E-state index >= 15 is 0 Å². The number of hydrogen-bond acceptors (Lipinski definition) is 2. The van der Waals surface area contributed by atoms with E-state index in [1.165, 1.54) is 12.1 Å². The van der Waals surface area contributed by atoms with E-state index in [-0.39, 0.29) is 24.0 Å². The number of carbonyl (C=O) groups excluding carboxylic acids is 1. The summed E-state index contributed by atoms with van der Waals surface area (Å²) >= 11 is 0. The molecule has 2 amide bonds. The fourth-order valence-corrected chi connectivity index (χ4v) is 1.84. The number of urea groups is 1. The third-order valence-corrected chi connectivity index (χ3v) is 3.60. The summed E-state index contributed by atoms with van der Waals surface area (Å²) in [4.78, 5) is 13.6. The molecule has 1 aromatic carbocycles. The SMILES string of the molecule is CC(C)[C@H](C)NC(=O)N1CC(Oc2ccc(F)cc2)C1. The number of halogens is 1. The average molecular weight is 280 g/mol. The van der Waals surface area contributed by atoms with Gasteiger partial charge in [0.25, 0.3) is 0 Å². The van der Waals surface area contributed by atoms with Crippen LogP contribution >= 0.6 is 0 Å². The van der Waals surface area contributed by atoms with Crippen LogP contribution in [0.15, 0.2) is 24.3 Å². The predicted molar refractivity (Wildman–Crippen MR) is 75.2 cm³/mol. The van der Waals surface area contributed by atoms with E-state index < -0.39 is 0 Å². The molecular formula is C15H21FN2O2. The summed E-state index contributed by atoms with van der Waals surface area (Å²) in [5.74, 6) is 0.758. The molecule has 1 N–H and O–H groups in total. The second kappa shape index (κ2) is 6.11. The minimum absolute atomic E-state index is 0.0134. The molecule has 1 heterocycles. The molecule has 1 atom stereocenters. The molecule has 0 spiro atoms. The lowest BCUT2D eigenvalue weighted by atomic mass is 10.1. The number of amides is 2. The van der Waals surface area contributed by atoms with E-state index in [4.69, 9.17) is 4.74 Å². The van der Waals surface area contributed by atoms with Crippen LogP contribution in [-0.4, -0.2) is 36.2 Å². The zero-order valence-electron chi connectivity index (χ0n) is 12.1. The fourth-order valence-electron chi connectivity index (χ4n) is 1.84. The highest BCUT2D eigenvalue weighted by atomic mass is 19.1. The van der Waals surface area contributed by atoms with Crippen molar-refractivity contribution in [1.82, 2.24) is 10.2 Å². The van der Waals surface area contributed by atoms with E-state index in [1.807, 2.05) is 6.92 Å². The topological polar surface area (TPSA) is 41.6 Å². The van der Waals surface area contributed by atoms with Crippen molar-refractivity contribution in [2.45, 2.75) is 32.9 Å². The van der Waals surface area contributed by atoms with Gasteiger partial charge in [-0.1, -0.05) is 13.8 Å². The lowest BCUT2D eigenvalue weighted by Gasteiger charge is -2.39. The smallest absolute Gasteiger partial charge is 0.317 e. The average Bonchev–Trinajstić information content (AvgIpc) is 2.35. The summed E-state index contributed by atoms with van der Waals surface area (Å²) < 4.78 is 18.4. The number of nitrogens with one attached hydrogen (secondary N) is 1. The number of ether oxygens (including phenoxy) is 1. The zero-order valence-corrected chi connectivity index (χ0v) is 12.1. The molecule has 110 valence electrons. The van der Waals surface area contributed by atoms with Crippen LogP contribution in [0.1, 0.15) is 20.8 Å². The minimum Gasteiger partial charge on any atom is -0.487 e. The molecule has 1 aromatic rings. The highest BCUT2D eigenvalue weighted by Crippen LogP contribution is 2.18. The van der Waals surface area contributed by atoms with Gasteiger partial charge in [-0.15, -0.1) is 0 Å². The number of carbonyl (C=O) groups is 1. The molecule has 4 nitrogen and oxygen atoms in total. The third kappa shape index (κ3) is 3.62. The molecule has 1 aliphatic rings. The third-order valence-electron chi connectivity index (χ3n) is 3.60. The molecule has 1 aliphatic heterocycles. The van der Waals surface area contributed by atoms with E-state index in [0.29, 0.717) is 24.8 Å². The summed E-state index contributed by atoms with van der Waals surface area (Å²) in [6.07, 6.45) is -0.0134. The summed E-state index contributed by atoms with van der Waals surface area (Å²) in [7, 11) is 0. The summed E-state index contributed by atoms with van der Waals surface area (Å²) in [6.45, 7) is 7.26. The van der Waals surface area contributed by atoms with Crippen LogP contribution in [0, 0.1) is 11.7 Å². The molecule has 0 saturated carbocycles. The monoisotopic (exact) mass is 280 g/mol. The van der Waals surface area contributed by atoms with Crippen molar-refractivity contribution >= 4 is 6.03 Å². The molecule has 0 bridgehead atoms. The molecule has 0 aliphatic carbocycles. The highest BCUT2D eigenvalue weighted by molar-refractivity contribution is 5.75. The maximum absolute atomic E-state index is 12.8. The van der Waals surface area contributed by atoms with Crippen LogP contribution in [0.25, 0.3) is 0 Å². The standard InChI is InChI=1S/C15H21FN2O2/c1-10(2)11(3)17-15(19)18-8-14(9-18)20-13-6-4-12(16)5-7-13/h4-7,10-11,14H,8-9H2,1-3H3,(H,17,19)/t11-/m0/s1. The summed E-state index contributed by atoms with van der Waals surface area (Å²) in [5, 5.41) is 2.95. The van der Waals surface area contributed by atoms with Gasteiger partial charge in [-0.3, -0.25) is 0 Å². The quantitative estimate of drug-likeness (QED) is 0.921. The van der Waals surface area contributed by atoms with Gasteiger partial charge in [-0.2, -0.15) is 0 Å². The Labute approximate surface area is 118 Å². The minimum atomic E-state index is -0.283. The highest BCUT2D eigenvalue weighted by Gasteiger charge is 2.32. The normalized spacial score (nSPS) is 16.8. The second-order valence-corrected chi connectivity index (χ2v) is 5.58. The van der Waals surface area contributed by atoms with Gasteiger partial charge in [0, 0.05) is 6.04 Å². The second-order valence-electron chi connectivity index (χ2n) is 5.58. The number of benzene rings is 1. The Kier molecular flexibility index (Phi) is 4.47. The van der Waals surface area contributed by atoms with Gasteiger partial charge in [-0.25, -0.2) is 9.18 Å². The van der Waals surface area contributed by atoms with Crippen molar-refractivity contribution in [3.8, 4) is 5.75 Å². The number of nitrogens with zero attached hydrogens (tertiary/aromatic N) is 1. The fraction of sp³-hybridized carbons (Fsp3) is 0.533. The van der Waals surface area contributed by atoms with E-state index in [1.54, 1.807) is 17.0 Å². The van der Waals surface area contributed by atoms with Crippen LogP contribution < -0.4 is 10.1 Å². The molecule has 1 saturated heterocycles. The lowest BCUT2D eigenvalue weighted by molar-refractivity contribution is 0.0430. The Bertz CT molecular complexity index is 455. The van der Waals surface area contributed by atoms with E-state index in [0.717, 1.165) is 0 Å². The zero-order chi connectivity index (χ0) is 14.7. The van der Waals surface area contributed by atoms with Crippen molar-refractivity contribution in [2.75, 3.05) is 13.1 Å². The maximum atomic E-state index is 12.8. The predicted octanol–water partition coefficient (Wildman–Crippen LogP) is 2.64. The van der Waals surface area contributed by atoms with Crippen LogP contribution in [0.3, 0.4) is 0 Å². The van der Waals surface area contributed by atoms with Gasteiger partial charge in [0.2, 0.25) is 0 Å². The van der Waals surface area contributed by atoms with E-state index in [2.05, 4.69) is 19.2 Å².